The molecule has 21 saturated heterocycles. The lowest BCUT2D eigenvalue weighted by atomic mass is 9.93. The number of hydrogen-bond acceptors (Lipinski definition) is 35. The van der Waals surface area contributed by atoms with E-state index in [-0.39, 0.29) is 0 Å². The van der Waals surface area contributed by atoms with Gasteiger partial charge in [-0.2, -0.15) is 0 Å². The lowest BCUT2D eigenvalue weighted by molar-refractivity contribution is -0.396. The van der Waals surface area contributed by atoms with Crippen molar-refractivity contribution in [3.8, 4) is 0 Å². The molecule has 0 aliphatic carbocycles. The van der Waals surface area contributed by atoms with Crippen molar-refractivity contribution in [1.29, 1.82) is 0 Å². The summed E-state index contributed by atoms with van der Waals surface area (Å²) in [6, 6.07) is -1.46. The SMILES string of the molecule is OC[C@@H]1O[C@@H]2O[C@H]3[C@H](O)[C@@H](O)[C@@H](O[C@H]4[C@H](O)[C@@H](O)[C@@H](O[C@H]5[C@H](O)[C@@H](O)[C@@H](O[C@H]6[C@H](O)[C@@H](O)[C@@H](O[C@H]7[C@H](O)[C@@H](O)[C@@H](O[C@H]8[C@@H](n9ccnc9)[C@H](O)[C@@H](O[C@H]1[C@H](O)[C@H]2O)O[C@@H]8CO)O[C@@H]7CO)O[C@@H]6CO)O[C@@H]5CO)O[C@H]4CO)O[C@H]3CO. The number of aliphatic hydroxyl groups excluding tert-OH is 20. The molecule has 22 rings (SSSR count). The van der Waals surface area contributed by atoms with Gasteiger partial charge in [-0.1, -0.05) is 0 Å². The molecule has 0 aromatic carbocycles. The predicted octanol–water partition coefficient (Wildman–Crippen LogP) is -14.2. The van der Waals surface area contributed by atoms with Gasteiger partial charge in [-0.25, -0.2) is 4.98 Å². The lowest BCUT2D eigenvalue weighted by Crippen LogP contribution is -2.68. The normalized spacial score (nSPS) is 53.2. The lowest BCUT2D eigenvalue weighted by Gasteiger charge is -2.50. The quantitative estimate of drug-likeness (QED) is 0.115. The summed E-state index contributed by atoms with van der Waals surface area (Å²) in [6.07, 6.45) is -63.0. The zero-order valence-corrected chi connectivity index (χ0v) is 42.4. The molecule has 1 aromatic rings. The van der Waals surface area contributed by atoms with E-state index in [1.165, 1.54) is 23.3 Å². The summed E-state index contributed by atoms with van der Waals surface area (Å²) >= 11 is 0. The van der Waals surface area contributed by atoms with Crippen LogP contribution < -0.4 is 0 Å². The molecule has 36 nitrogen and oxygen atoms in total. The first kappa shape index (κ1) is 63.4. The maximum absolute atomic E-state index is 12.0. The summed E-state index contributed by atoms with van der Waals surface area (Å²) in [6.45, 7) is -7.15. The fourth-order valence-corrected chi connectivity index (χ4v) is 11.2. The molecule has 36 heteroatoms. The van der Waals surface area contributed by atoms with Crippen LogP contribution in [0.25, 0.3) is 0 Å². The highest BCUT2D eigenvalue weighted by Gasteiger charge is 2.60. The van der Waals surface area contributed by atoms with Crippen LogP contribution in [0.2, 0.25) is 0 Å². The van der Waals surface area contributed by atoms with Crippen molar-refractivity contribution in [3.05, 3.63) is 18.7 Å². The zero-order chi connectivity index (χ0) is 58.5. The van der Waals surface area contributed by atoms with Crippen LogP contribution in [0.1, 0.15) is 6.04 Å². The Bertz CT molecular complexity index is 2080. The molecule has 21 aliphatic rings. The van der Waals surface area contributed by atoms with Crippen molar-refractivity contribution in [2.24, 2.45) is 0 Å². The molecule has 0 spiro atoms. The van der Waals surface area contributed by atoms with E-state index in [1.807, 2.05) is 0 Å². The van der Waals surface area contributed by atoms with Crippen molar-refractivity contribution in [3.63, 3.8) is 0 Å². The molecule has 1 aromatic heterocycles. The number of aliphatic hydroxyl groups is 20. The standard InChI is InChI=1S/C45H72N2O34/c48-3-11-32-18(47-2-1-46-10-47)19(55)39(68-11)76-33-12(4-49)70-41(27(63)21(33)57)78-35-14(6-51)72-43(29(65)23(35)59)80-37-16(8-53)74-45(31(67)25(37)61)81-38-17(9-54)73-44(30(66)24(38)60)79-36-15(7-52)71-42(28(64)22(36)58)77-34-13(5-50)69-40(75-32)26(62)20(34)56/h1-2,10-45,48-67H,3-9H2/t11-,12+,13-,14+,15-,16+,17-,18+,19+,20-,21-,22-,23-,24-,25-,26-,27-,28-,29-,30-,31-,32-,33-,34-,35-,36-,37-,38-,39-,40-,41-,42-,43-,44-,45-/m1/s1. The first-order chi connectivity index (χ1) is 38.7. The first-order valence-corrected chi connectivity index (χ1v) is 26.0. The Labute approximate surface area is 457 Å². The molecule has 0 saturated carbocycles. The number of imidazole rings is 1. The highest BCUT2D eigenvalue weighted by Crippen LogP contribution is 2.41. The monoisotopic (exact) mass is 1180 g/mol. The minimum atomic E-state index is -2.20. The van der Waals surface area contributed by atoms with Crippen molar-refractivity contribution < 1.29 is 168 Å². The molecule has 35 atom stereocenters. The van der Waals surface area contributed by atoms with Crippen LogP contribution in [-0.2, 0) is 66.3 Å². The van der Waals surface area contributed by atoms with Crippen molar-refractivity contribution in [2.75, 3.05) is 46.2 Å². The Kier molecular flexibility index (Phi) is 21.0. The van der Waals surface area contributed by atoms with Crippen LogP contribution in [0, 0.1) is 0 Å². The van der Waals surface area contributed by atoms with E-state index in [2.05, 4.69) is 4.98 Å². The van der Waals surface area contributed by atoms with E-state index in [9.17, 15) is 102 Å². The second-order valence-corrected chi connectivity index (χ2v) is 20.7. The van der Waals surface area contributed by atoms with Crippen LogP contribution in [0.3, 0.4) is 0 Å². The van der Waals surface area contributed by atoms with E-state index in [0.29, 0.717) is 0 Å². The van der Waals surface area contributed by atoms with Crippen molar-refractivity contribution in [1.82, 2.24) is 9.55 Å². The molecule has 0 radical (unpaired) electrons. The fourth-order valence-electron chi connectivity index (χ4n) is 11.2. The number of hydrogen-bond donors (Lipinski definition) is 20. The van der Waals surface area contributed by atoms with Gasteiger partial charge in [0.25, 0.3) is 0 Å². The number of nitrogens with zero attached hydrogens (tertiary/aromatic N) is 2. The Hall–Kier alpha value is -2.15. The predicted molar refractivity (Wildman–Crippen MR) is 244 cm³/mol. The average molecular weight is 1190 g/mol. The van der Waals surface area contributed by atoms with Gasteiger partial charge < -0.3 is 173 Å². The van der Waals surface area contributed by atoms with Gasteiger partial charge in [0.1, 0.15) is 165 Å². The van der Waals surface area contributed by atoms with Crippen LogP contribution in [0.5, 0.6) is 0 Å². The van der Waals surface area contributed by atoms with Crippen LogP contribution in [0.15, 0.2) is 18.7 Å². The van der Waals surface area contributed by atoms with Gasteiger partial charge in [-0.15, -0.1) is 0 Å². The van der Waals surface area contributed by atoms with Gasteiger partial charge in [-0.05, 0) is 0 Å². The molecule has 81 heavy (non-hydrogen) atoms. The molecule has 466 valence electrons. The molecule has 0 unspecified atom stereocenters. The summed E-state index contributed by atoms with van der Waals surface area (Å²) in [5.41, 5.74) is 0. The summed E-state index contributed by atoms with van der Waals surface area (Å²) in [5.74, 6) is 0. The molecule has 22 heterocycles. The second kappa shape index (κ2) is 26.9. The van der Waals surface area contributed by atoms with E-state index in [4.69, 9.17) is 66.3 Å². The van der Waals surface area contributed by atoms with Crippen LogP contribution >= 0.6 is 0 Å². The zero-order valence-electron chi connectivity index (χ0n) is 42.4. The summed E-state index contributed by atoms with van der Waals surface area (Å²) in [7, 11) is 0. The topological polar surface area (TPSA) is 552 Å². The summed E-state index contributed by atoms with van der Waals surface area (Å²) in [4.78, 5) is 3.99. The molecule has 14 bridgehead atoms. The third kappa shape index (κ3) is 12.3. The highest BCUT2D eigenvalue weighted by molar-refractivity contribution is 5.03. The minimum absolute atomic E-state index is 0.955. The number of aromatic nitrogens is 2. The number of ether oxygens (including phenoxy) is 14. The second-order valence-electron chi connectivity index (χ2n) is 20.7. The Morgan fingerprint density at radius 1 is 0.259 bits per heavy atom. The summed E-state index contributed by atoms with van der Waals surface area (Å²) < 4.78 is 82.5. The van der Waals surface area contributed by atoms with Crippen molar-refractivity contribution in [2.45, 2.75) is 215 Å². The van der Waals surface area contributed by atoms with Gasteiger partial charge in [0.05, 0.1) is 58.6 Å². The van der Waals surface area contributed by atoms with E-state index in [1.54, 1.807) is 0 Å². The van der Waals surface area contributed by atoms with E-state index in [0.717, 1.165) is 0 Å². The Morgan fingerprint density at radius 3 is 0.654 bits per heavy atom. The minimum Gasteiger partial charge on any atom is -0.394 e. The van der Waals surface area contributed by atoms with Crippen LogP contribution in [0.4, 0.5) is 0 Å². The molecule has 21 aliphatic heterocycles. The maximum atomic E-state index is 12.0. The van der Waals surface area contributed by atoms with Gasteiger partial charge >= 0.3 is 0 Å². The van der Waals surface area contributed by atoms with Gasteiger partial charge in [0.15, 0.2) is 44.0 Å². The molecular formula is C45H72N2O34. The Balaban J connectivity index is 1.02. The van der Waals surface area contributed by atoms with Crippen LogP contribution in [-0.4, -0.2) is 367 Å². The highest BCUT2D eigenvalue weighted by atomic mass is 16.8. The van der Waals surface area contributed by atoms with Gasteiger partial charge in [0.2, 0.25) is 0 Å². The number of rotatable bonds is 8. The molecular weight excluding hydrogens is 1110 g/mol. The van der Waals surface area contributed by atoms with E-state index < -0.39 is 261 Å². The smallest absolute Gasteiger partial charge is 0.187 e. The molecule has 0 amide bonds. The molecule has 21 fully saturated rings. The van der Waals surface area contributed by atoms with Gasteiger partial charge in [0, 0.05) is 12.4 Å². The molecule has 20 N–H and O–H groups in total. The van der Waals surface area contributed by atoms with Gasteiger partial charge in [-0.3, -0.25) is 0 Å². The third-order valence-electron chi connectivity index (χ3n) is 15.7. The summed E-state index contributed by atoms with van der Waals surface area (Å²) in [5, 5.41) is 222. The average Bonchev–Trinajstić information content (AvgIpc) is 4.09. The fraction of sp³-hybridized carbons (Fsp3) is 0.933. The first-order valence-electron chi connectivity index (χ1n) is 26.0. The van der Waals surface area contributed by atoms with E-state index >= 15 is 0 Å². The van der Waals surface area contributed by atoms with Crippen molar-refractivity contribution >= 4 is 0 Å². The largest absolute Gasteiger partial charge is 0.394 e. The Morgan fingerprint density at radius 2 is 0.457 bits per heavy atom. The maximum Gasteiger partial charge on any atom is 0.187 e. The third-order valence-corrected chi connectivity index (χ3v) is 15.7.